The molecule has 1 aromatic carbocycles. The molecule has 2 N–H and O–H groups in total. The van der Waals surface area contributed by atoms with Gasteiger partial charge in [0.2, 0.25) is 0 Å². The molecule has 1 rings (SSSR count). The maximum absolute atomic E-state index is 6.01. The van der Waals surface area contributed by atoms with E-state index in [0.29, 0.717) is 12.5 Å². The van der Waals surface area contributed by atoms with Gasteiger partial charge in [-0.15, -0.1) is 0 Å². The molecule has 1 atom stereocenters. The van der Waals surface area contributed by atoms with E-state index < -0.39 is 0 Å². The zero-order valence-corrected chi connectivity index (χ0v) is 12.7. The molecule has 3 nitrogen and oxygen atoms in total. The summed E-state index contributed by atoms with van der Waals surface area (Å²) in [6.45, 7) is 9.93. The third-order valence-corrected chi connectivity index (χ3v) is 3.31. The van der Waals surface area contributed by atoms with E-state index in [1.807, 2.05) is 0 Å². The second-order valence-corrected chi connectivity index (χ2v) is 5.54. The van der Waals surface area contributed by atoms with Gasteiger partial charge in [0.05, 0.1) is 6.61 Å². The number of methoxy groups -OCH3 is 1. The van der Waals surface area contributed by atoms with Crippen LogP contribution in [0.3, 0.4) is 0 Å². The predicted octanol–water partition coefficient (Wildman–Crippen LogP) is 2.60. The molecule has 0 amide bonds. The van der Waals surface area contributed by atoms with Crippen molar-refractivity contribution in [2.24, 2.45) is 11.7 Å². The van der Waals surface area contributed by atoms with Crippen molar-refractivity contribution in [3.8, 4) is 0 Å². The van der Waals surface area contributed by atoms with Gasteiger partial charge in [0.25, 0.3) is 0 Å². The van der Waals surface area contributed by atoms with Crippen molar-refractivity contribution in [2.45, 2.75) is 26.8 Å². The lowest BCUT2D eigenvalue weighted by molar-refractivity contribution is 0.112. The molecule has 0 aliphatic carbocycles. The molecule has 0 spiro atoms. The minimum absolute atomic E-state index is 0.276. The van der Waals surface area contributed by atoms with Gasteiger partial charge in [0, 0.05) is 32.8 Å². The van der Waals surface area contributed by atoms with Gasteiger partial charge in [-0.3, -0.25) is 4.90 Å². The number of ether oxygens (including phenoxy) is 1. The molecule has 0 aromatic heterocycles. The molecule has 0 saturated carbocycles. The van der Waals surface area contributed by atoms with Gasteiger partial charge in [-0.1, -0.05) is 43.7 Å². The zero-order valence-electron chi connectivity index (χ0n) is 12.7. The first-order valence-electron chi connectivity index (χ1n) is 7.08. The molecule has 108 valence electrons. The Kier molecular flexibility index (Phi) is 7.06. The number of nitrogens with zero attached hydrogens (tertiary/aromatic N) is 1. The highest BCUT2D eigenvalue weighted by molar-refractivity contribution is 5.24. The van der Waals surface area contributed by atoms with Crippen molar-refractivity contribution < 1.29 is 4.74 Å². The molecular formula is C16H28N2O. The van der Waals surface area contributed by atoms with Crippen molar-refractivity contribution >= 4 is 0 Å². The van der Waals surface area contributed by atoms with Crippen LogP contribution in [-0.4, -0.2) is 38.3 Å². The van der Waals surface area contributed by atoms with Crippen LogP contribution in [0.4, 0.5) is 0 Å². The number of hydrogen-bond donors (Lipinski definition) is 1. The quantitative estimate of drug-likeness (QED) is 0.784. The van der Waals surface area contributed by atoms with Gasteiger partial charge in [0.15, 0.2) is 0 Å². The maximum Gasteiger partial charge on any atom is 0.0589 e. The molecule has 3 heteroatoms. The third kappa shape index (κ3) is 5.31. The van der Waals surface area contributed by atoms with Gasteiger partial charge in [-0.05, 0) is 18.4 Å². The predicted molar refractivity (Wildman–Crippen MR) is 81.3 cm³/mol. The second-order valence-electron chi connectivity index (χ2n) is 5.54. The van der Waals surface area contributed by atoms with Crippen LogP contribution in [0.25, 0.3) is 0 Å². The van der Waals surface area contributed by atoms with E-state index in [4.69, 9.17) is 10.5 Å². The molecule has 0 bridgehead atoms. The topological polar surface area (TPSA) is 38.5 Å². The van der Waals surface area contributed by atoms with Crippen molar-refractivity contribution in [3.05, 3.63) is 35.4 Å². The Bertz CT molecular complexity index is 348. The van der Waals surface area contributed by atoms with Crippen LogP contribution in [0, 0.1) is 12.8 Å². The van der Waals surface area contributed by atoms with Crippen LogP contribution in [0.15, 0.2) is 24.3 Å². The highest BCUT2D eigenvalue weighted by Gasteiger charge is 2.19. The largest absolute Gasteiger partial charge is 0.383 e. The first kappa shape index (κ1) is 16.2. The number of benzene rings is 1. The zero-order chi connectivity index (χ0) is 14.3. The standard InChI is InChI=1S/C16H28N2O/c1-13(2)12-18(9-10-19-4)16(11-17)15-7-5-14(3)6-8-15/h5-8,13,16H,9-12,17H2,1-4H3. The normalized spacial score (nSPS) is 13.2. The number of hydrogen-bond acceptors (Lipinski definition) is 3. The molecule has 1 unspecified atom stereocenters. The van der Waals surface area contributed by atoms with E-state index in [-0.39, 0.29) is 6.04 Å². The minimum atomic E-state index is 0.276. The third-order valence-electron chi connectivity index (χ3n) is 3.31. The molecule has 19 heavy (non-hydrogen) atoms. The lowest BCUT2D eigenvalue weighted by atomic mass is 10.0. The van der Waals surface area contributed by atoms with E-state index in [9.17, 15) is 0 Å². The monoisotopic (exact) mass is 264 g/mol. The first-order valence-corrected chi connectivity index (χ1v) is 7.08. The van der Waals surface area contributed by atoms with Crippen LogP contribution in [0.1, 0.15) is 31.0 Å². The molecule has 0 aliphatic heterocycles. The summed E-state index contributed by atoms with van der Waals surface area (Å²) in [6, 6.07) is 8.96. The summed E-state index contributed by atoms with van der Waals surface area (Å²) in [5, 5.41) is 0. The Labute approximate surface area is 117 Å². The van der Waals surface area contributed by atoms with E-state index >= 15 is 0 Å². The average Bonchev–Trinajstić information content (AvgIpc) is 2.38. The molecule has 1 aromatic rings. The van der Waals surface area contributed by atoms with Crippen LogP contribution < -0.4 is 5.73 Å². The molecule has 0 fully saturated rings. The lowest BCUT2D eigenvalue weighted by Crippen LogP contribution is -2.38. The van der Waals surface area contributed by atoms with Gasteiger partial charge in [0.1, 0.15) is 0 Å². The fourth-order valence-electron chi connectivity index (χ4n) is 2.34. The van der Waals surface area contributed by atoms with E-state index in [0.717, 1.165) is 19.7 Å². The molecule has 0 aliphatic rings. The molecule has 0 radical (unpaired) electrons. The molecule has 0 saturated heterocycles. The summed E-state index contributed by atoms with van der Waals surface area (Å²) in [7, 11) is 1.75. The van der Waals surface area contributed by atoms with Gasteiger partial charge in [-0.25, -0.2) is 0 Å². The molecule has 0 heterocycles. The Morgan fingerprint density at radius 2 is 1.84 bits per heavy atom. The van der Waals surface area contributed by atoms with Crippen LogP contribution in [0.5, 0.6) is 0 Å². The van der Waals surface area contributed by atoms with E-state index in [2.05, 4.69) is 49.9 Å². The summed E-state index contributed by atoms with van der Waals surface area (Å²) < 4.78 is 5.22. The fraction of sp³-hybridized carbons (Fsp3) is 0.625. The minimum Gasteiger partial charge on any atom is -0.383 e. The van der Waals surface area contributed by atoms with Crippen molar-refractivity contribution in [3.63, 3.8) is 0 Å². The summed E-state index contributed by atoms with van der Waals surface area (Å²) in [5.41, 5.74) is 8.59. The Morgan fingerprint density at radius 1 is 1.21 bits per heavy atom. The lowest BCUT2D eigenvalue weighted by Gasteiger charge is -2.32. The smallest absolute Gasteiger partial charge is 0.0589 e. The SMILES string of the molecule is COCCN(CC(C)C)C(CN)c1ccc(C)cc1. The first-order chi connectivity index (χ1) is 9.08. The van der Waals surface area contributed by atoms with Crippen LogP contribution in [0.2, 0.25) is 0 Å². The Hall–Kier alpha value is -0.900. The van der Waals surface area contributed by atoms with Crippen molar-refractivity contribution in [1.29, 1.82) is 0 Å². The van der Waals surface area contributed by atoms with Crippen LogP contribution >= 0.6 is 0 Å². The summed E-state index contributed by atoms with van der Waals surface area (Å²) in [4.78, 5) is 2.43. The van der Waals surface area contributed by atoms with E-state index in [1.165, 1.54) is 11.1 Å². The van der Waals surface area contributed by atoms with Crippen molar-refractivity contribution in [2.75, 3.05) is 33.4 Å². The average molecular weight is 264 g/mol. The highest BCUT2D eigenvalue weighted by Crippen LogP contribution is 2.21. The van der Waals surface area contributed by atoms with Crippen molar-refractivity contribution in [1.82, 2.24) is 4.90 Å². The highest BCUT2D eigenvalue weighted by atomic mass is 16.5. The van der Waals surface area contributed by atoms with Crippen LogP contribution in [-0.2, 0) is 4.74 Å². The summed E-state index contributed by atoms with van der Waals surface area (Å²) in [5.74, 6) is 0.622. The van der Waals surface area contributed by atoms with Gasteiger partial charge >= 0.3 is 0 Å². The fourth-order valence-corrected chi connectivity index (χ4v) is 2.34. The summed E-state index contributed by atoms with van der Waals surface area (Å²) in [6.07, 6.45) is 0. The van der Waals surface area contributed by atoms with Gasteiger partial charge < -0.3 is 10.5 Å². The Morgan fingerprint density at radius 3 is 2.32 bits per heavy atom. The Balaban J connectivity index is 2.84. The maximum atomic E-state index is 6.01. The number of nitrogens with two attached hydrogens (primary N) is 1. The number of aryl methyl sites for hydroxylation is 1. The number of rotatable bonds is 8. The molecular weight excluding hydrogens is 236 g/mol. The second kappa shape index (κ2) is 8.31. The van der Waals surface area contributed by atoms with E-state index in [1.54, 1.807) is 7.11 Å². The summed E-state index contributed by atoms with van der Waals surface area (Å²) >= 11 is 0. The van der Waals surface area contributed by atoms with Gasteiger partial charge in [-0.2, -0.15) is 0 Å².